The Hall–Kier alpha value is -0.653. The van der Waals surface area contributed by atoms with Crippen LogP contribution in [-0.4, -0.2) is 42.2 Å². The van der Waals surface area contributed by atoms with Gasteiger partial charge in [-0.2, -0.15) is 0 Å². The van der Waals surface area contributed by atoms with Crippen molar-refractivity contribution in [3.63, 3.8) is 0 Å². The van der Waals surface area contributed by atoms with Crippen LogP contribution in [-0.2, 0) is 19.0 Å². The Morgan fingerprint density at radius 2 is 2.11 bits per heavy atom. The van der Waals surface area contributed by atoms with Crippen molar-refractivity contribution >= 4 is 15.5 Å². The molecule has 0 N–H and O–H groups in total. The van der Waals surface area contributed by atoms with E-state index in [1.807, 2.05) is 0 Å². The SMILES string of the molecule is COC(OC)[Si]CCCOC(=O)C1CC2C=CC1C2. The van der Waals surface area contributed by atoms with E-state index in [1.165, 1.54) is 0 Å². The number of carbonyl (C=O) groups excluding carboxylic acids is 1. The van der Waals surface area contributed by atoms with Crippen LogP contribution in [0, 0.1) is 17.8 Å². The highest BCUT2D eigenvalue weighted by atomic mass is 28.2. The molecule has 2 aliphatic carbocycles. The maximum atomic E-state index is 11.9. The van der Waals surface area contributed by atoms with Gasteiger partial charge in [0, 0.05) is 14.2 Å². The van der Waals surface area contributed by atoms with Gasteiger partial charge in [-0.05, 0) is 31.1 Å². The third kappa shape index (κ3) is 3.90. The first-order valence-electron chi connectivity index (χ1n) is 6.88. The van der Waals surface area contributed by atoms with Crippen molar-refractivity contribution in [1.29, 1.82) is 0 Å². The normalized spacial score (nSPS) is 28.3. The van der Waals surface area contributed by atoms with E-state index in [4.69, 9.17) is 14.2 Å². The zero-order valence-electron chi connectivity index (χ0n) is 11.6. The highest BCUT2D eigenvalue weighted by Crippen LogP contribution is 2.43. The number of ether oxygens (including phenoxy) is 3. The molecule has 2 bridgehead atoms. The van der Waals surface area contributed by atoms with Crippen LogP contribution in [0.4, 0.5) is 0 Å². The van der Waals surface area contributed by atoms with E-state index in [-0.39, 0.29) is 17.8 Å². The topological polar surface area (TPSA) is 44.8 Å². The number of allylic oxidation sites excluding steroid dienone is 2. The average Bonchev–Trinajstić information content (AvgIpc) is 3.05. The minimum Gasteiger partial charge on any atom is -0.465 e. The second kappa shape index (κ2) is 7.22. The highest BCUT2D eigenvalue weighted by Gasteiger charge is 2.40. The fraction of sp³-hybridized carbons (Fsp3) is 0.786. The molecule has 5 heteroatoms. The van der Waals surface area contributed by atoms with E-state index in [0.29, 0.717) is 28.0 Å². The fourth-order valence-electron chi connectivity index (χ4n) is 2.89. The lowest BCUT2D eigenvalue weighted by Gasteiger charge is -2.17. The second-order valence-corrected chi connectivity index (χ2v) is 6.54. The molecule has 2 rings (SSSR count). The third-order valence-electron chi connectivity index (χ3n) is 3.89. The Morgan fingerprint density at radius 3 is 2.68 bits per heavy atom. The Kier molecular flexibility index (Phi) is 5.60. The molecule has 0 heterocycles. The summed E-state index contributed by atoms with van der Waals surface area (Å²) in [5.41, 5.74) is 0. The first-order chi connectivity index (χ1) is 9.24. The molecular weight excluding hydrogens is 260 g/mol. The van der Waals surface area contributed by atoms with Crippen molar-refractivity contribution in [3.05, 3.63) is 12.2 Å². The van der Waals surface area contributed by atoms with Crippen molar-refractivity contribution in [2.45, 2.75) is 31.2 Å². The zero-order valence-corrected chi connectivity index (χ0v) is 12.6. The molecule has 3 unspecified atom stereocenters. The summed E-state index contributed by atoms with van der Waals surface area (Å²) in [5.74, 6) is 1.05. The van der Waals surface area contributed by atoms with Crippen LogP contribution in [0.2, 0.25) is 6.04 Å². The fourth-order valence-corrected chi connectivity index (χ4v) is 3.80. The van der Waals surface area contributed by atoms with Gasteiger partial charge in [0.05, 0.1) is 12.5 Å². The second-order valence-electron chi connectivity index (χ2n) is 5.17. The van der Waals surface area contributed by atoms with Gasteiger partial charge in [0.2, 0.25) is 0 Å². The van der Waals surface area contributed by atoms with E-state index >= 15 is 0 Å². The highest BCUT2D eigenvalue weighted by molar-refractivity contribution is 6.36. The van der Waals surface area contributed by atoms with Crippen molar-refractivity contribution in [2.24, 2.45) is 17.8 Å². The lowest BCUT2D eigenvalue weighted by molar-refractivity contribution is -0.149. The Morgan fingerprint density at radius 1 is 1.32 bits per heavy atom. The number of hydrogen-bond acceptors (Lipinski definition) is 4. The average molecular weight is 282 g/mol. The first kappa shape index (κ1) is 14.7. The number of fused-ring (bicyclic) bond motifs is 2. The molecule has 0 aromatic rings. The maximum Gasteiger partial charge on any atom is 0.309 e. The van der Waals surface area contributed by atoms with Gasteiger partial charge in [-0.15, -0.1) is 0 Å². The molecule has 0 saturated heterocycles. The number of rotatable bonds is 8. The lowest BCUT2D eigenvalue weighted by Crippen LogP contribution is -2.23. The molecule has 0 spiro atoms. The van der Waals surface area contributed by atoms with Gasteiger partial charge >= 0.3 is 5.97 Å². The van der Waals surface area contributed by atoms with Gasteiger partial charge < -0.3 is 14.2 Å². The van der Waals surface area contributed by atoms with Crippen LogP contribution in [0.1, 0.15) is 19.3 Å². The molecule has 0 aliphatic heterocycles. The van der Waals surface area contributed by atoms with E-state index in [9.17, 15) is 4.79 Å². The minimum absolute atomic E-state index is 0.00443. The Bertz CT molecular complexity index is 327. The summed E-state index contributed by atoms with van der Waals surface area (Å²) in [4.78, 5) is 11.9. The molecule has 0 amide bonds. The number of methoxy groups -OCH3 is 2. The van der Waals surface area contributed by atoms with Crippen molar-refractivity contribution in [2.75, 3.05) is 20.8 Å². The summed E-state index contributed by atoms with van der Waals surface area (Å²) >= 11 is 0. The van der Waals surface area contributed by atoms with Gasteiger partial charge in [-0.25, -0.2) is 0 Å². The smallest absolute Gasteiger partial charge is 0.309 e. The van der Waals surface area contributed by atoms with E-state index in [2.05, 4.69) is 12.2 Å². The first-order valence-corrected chi connectivity index (χ1v) is 8.17. The molecule has 4 nitrogen and oxygen atoms in total. The summed E-state index contributed by atoms with van der Waals surface area (Å²) < 4.78 is 15.6. The van der Waals surface area contributed by atoms with Crippen LogP contribution in [0.5, 0.6) is 0 Å². The third-order valence-corrected chi connectivity index (χ3v) is 5.33. The van der Waals surface area contributed by atoms with Crippen LogP contribution < -0.4 is 0 Å². The molecular formula is C14H22O4Si. The number of hydrogen-bond donors (Lipinski definition) is 0. The lowest BCUT2D eigenvalue weighted by atomic mass is 9.94. The van der Waals surface area contributed by atoms with Gasteiger partial charge in [-0.1, -0.05) is 18.2 Å². The van der Waals surface area contributed by atoms with E-state index in [1.54, 1.807) is 14.2 Å². The van der Waals surface area contributed by atoms with Gasteiger partial charge in [-0.3, -0.25) is 4.79 Å². The largest absolute Gasteiger partial charge is 0.465 e. The maximum absolute atomic E-state index is 11.9. The van der Waals surface area contributed by atoms with Crippen LogP contribution >= 0.6 is 0 Å². The van der Waals surface area contributed by atoms with Crippen LogP contribution in [0.3, 0.4) is 0 Å². The standard InChI is InChI=1S/C14H22O4Si/c1-16-14(17-2)19-7-3-6-18-13(15)12-9-10-4-5-11(12)8-10/h4-5,10-12,14H,3,6-9H2,1-2H3. The number of carbonyl (C=O) groups is 1. The van der Waals surface area contributed by atoms with Crippen molar-refractivity contribution in [1.82, 2.24) is 0 Å². The molecule has 19 heavy (non-hydrogen) atoms. The molecule has 1 saturated carbocycles. The monoisotopic (exact) mass is 282 g/mol. The predicted molar refractivity (Wildman–Crippen MR) is 72.8 cm³/mol. The van der Waals surface area contributed by atoms with Gasteiger partial charge in [0.1, 0.15) is 15.4 Å². The summed E-state index contributed by atoms with van der Waals surface area (Å²) in [6.45, 7) is 0.517. The molecule has 2 aliphatic rings. The van der Waals surface area contributed by atoms with Crippen molar-refractivity contribution < 1.29 is 19.0 Å². The molecule has 0 aromatic heterocycles. The Balaban J connectivity index is 1.56. The quantitative estimate of drug-likeness (QED) is 0.224. The molecule has 0 aromatic carbocycles. The summed E-state index contributed by atoms with van der Waals surface area (Å²) in [7, 11) is 3.87. The summed E-state index contributed by atoms with van der Waals surface area (Å²) in [6, 6.07) is 0.969. The van der Waals surface area contributed by atoms with E-state index in [0.717, 1.165) is 25.3 Å². The van der Waals surface area contributed by atoms with Crippen LogP contribution in [0.15, 0.2) is 12.2 Å². The molecule has 106 valence electrons. The van der Waals surface area contributed by atoms with Crippen LogP contribution in [0.25, 0.3) is 0 Å². The van der Waals surface area contributed by atoms with Gasteiger partial charge in [0.15, 0.2) is 0 Å². The molecule has 2 radical (unpaired) electrons. The summed E-state index contributed by atoms with van der Waals surface area (Å²) in [6.07, 6.45) is 7.43. The van der Waals surface area contributed by atoms with Crippen molar-refractivity contribution in [3.8, 4) is 0 Å². The molecule has 1 fully saturated rings. The summed E-state index contributed by atoms with van der Waals surface area (Å²) in [5, 5.41) is 0. The predicted octanol–water partition coefficient (Wildman–Crippen LogP) is 1.83. The number of esters is 1. The minimum atomic E-state index is -0.119. The van der Waals surface area contributed by atoms with E-state index < -0.39 is 0 Å². The molecule has 3 atom stereocenters. The zero-order chi connectivity index (χ0) is 13.7. The van der Waals surface area contributed by atoms with Gasteiger partial charge in [0.25, 0.3) is 0 Å². The Labute approximate surface area is 117 Å².